The van der Waals surface area contributed by atoms with Gasteiger partial charge in [-0.15, -0.1) is 22.7 Å². The van der Waals surface area contributed by atoms with Gasteiger partial charge in [-0.2, -0.15) is 0 Å². The summed E-state index contributed by atoms with van der Waals surface area (Å²) >= 11 is 3.01. The van der Waals surface area contributed by atoms with Gasteiger partial charge < -0.3 is 30.3 Å². The Hall–Kier alpha value is -4.37. The van der Waals surface area contributed by atoms with Crippen LogP contribution in [0.15, 0.2) is 77.8 Å². The van der Waals surface area contributed by atoms with Crippen LogP contribution in [0.5, 0.6) is 0 Å². The van der Waals surface area contributed by atoms with E-state index in [-0.39, 0.29) is 18.5 Å². The largest absolute Gasteiger partial charge is 0.444 e. The van der Waals surface area contributed by atoms with Crippen LogP contribution >= 0.6 is 22.7 Å². The predicted octanol–water partition coefficient (Wildman–Crippen LogP) is 7.40. The lowest BCUT2D eigenvalue weighted by Gasteiger charge is -2.24. The van der Waals surface area contributed by atoms with Crippen LogP contribution in [0, 0.1) is 13.8 Å². The normalized spacial score (nSPS) is 12.7. The summed E-state index contributed by atoms with van der Waals surface area (Å²) in [6, 6.07) is 19.5. The van der Waals surface area contributed by atoms with Crippen molar-refractivity contribution in [3.8, 4) is 0 Å². The second-order valence-corrected chi connectivity index (χ2v) is 15.0. The zero-order valence-corrected chi connectivity index (χ0v) is 35.2. The lowest BCUT2D eigenvalue weighted by Crippen LogP contribution is -2.48. The van der Waals surface area contributed by atoms with Crippen molar-refractivity contribution in [1.29, 1.82) is 0 Å². The Kier molecular flexibility index (Phi) is 23.9. The van der Waals surface area contributed by atoms with Crippen molar-refractivity contribution in [2.24, 2.45) is 0 Å². The van der Waals surface area contributed by atoms with Gasteiger partial charge in [-0.3, -0.25) is 14.7 Å². The first-order chi connectivity index (χ1) is 26.5. The van der Waals surface area contributed by atoms with Gasteiger partial charge in [-0.1, -0.05) is 92.6 Å². The van der Waals surface area contributed by atoms with E-state index in [1.165, 1.54) is 33.9 Å². The molecule has 0 radical (unpaired) electrons. The summed E-state index contributed by atoms with van der Waals surface area (Å²) in [5, 5.41) is 11.1. The Bertz CT molecular complexity index is 1550. The van der Waals surface area contributed by atoms with Crippen molar-refractivity contribution in [1.82, 2.24) is 35.7 Å². The second kappa shape index (κ2) is 28.1. The lowest BCUT2D eigenvalue weighted by molar-refractivity contribution is -0.122. The zero-order valence-electron chi connectivity index (χ0n) is 33.6. The smallest absolute Gasteiger partial charge is 0.407 e. The average Bonchev–Trinajstić information content (AvgIpc) is 3.90. The molecule has 3 N–H and O–H groups in total. The Balaban J connectivity index is 0.000000375. The summed E-state index contributed by atoms with van der Waals surface area (Å²) in [7, 11) is 1.67. The summed E-state index contributed by atoms with van der Waals surface area (Å²) in [4.78, 5) is 49.4. The number of aromatic nitrogens is 2. The maximum absolute atomic E-state index is 12.4. The highest BCUT2D eigenvalue weighted by Gasteiger charge is 2.18. The van der Waals surface area contributed by atoms with Gasteiger partial charge in [0.15, 0.2) is 0 Å². The molecule has 0 bridgehead atoms. The Morgan fingerprint density at radius 1 is 0.909 bits per heavy atom. The highest BCUT2D eigenvalue weighted by molar-refractivity contribution is 7.09. The van der Waals surface area contributed by atoms with Gasteiger partial charge in [0.1, 0.15) is 12.6 Å². The molecule has 1 fully saturated rings. The first-order valence-electron chi connectivity index (χ1n) is 18.8. The number of rotatable bonds is 13. The first-order valence-corrected chi connectivity index (χ1v) is 20.6. The Morgan fingerprint density at radius 3 is 1.98 bits per heavy atom. The molecule has 55 heavy (non-hydrogen) atoms. The van der Waals surface area contributed by atoms with Crippen molar-refractivity contribution in [2.45, 2.75) is 79.5 Å². The van der Waals surface area contributed by atoms with Crippen molar-refractivity contribution >= 4 is 40.7 Å². The minimum absolute atomic E-state index is 0.202. The fourth-order valence-electron chi connectivity index (χ4n) is 4.63. The molecule has 302 valence electrons. The van der Waals surface area contributed by atoms with Crippen LogP contribution in [-0.2, 0) is 27.4 Å². The molecule has 0 saturated carbocycles. The third kappa shape index (κ3) is 21.9. The molecule has 14 heteroatoms. The molecule has 4 aromatic rings. The standard InChI is InChI=1S/C21H32N6O4S2.2C7H8.C6H13NO/c1-14(2)19-26-16(12-32-19)10-27(4)20(29)25-15(3)18(28)23-7-5-6-8-24-21(30)31-11-17-9-22-13-33-17;2*1-7-5-3-2-4-6-7;1-2-7-3-5-8-6-4-7/h9,12-15H,5-8,10-11H2,1-4H3,(H,23,28)(H,24,30)(H,25,29);2*2-6H,1H3;2-6H2,1H3. The molecule has 4 amide bonds. The number of nitrogens with one attached hydrogen (secondary N) is 3. The molecule has 1 unspecified atom stereocenters. The minimum Gasteiger partial charge on any atom is -0.444 e. The number of ether oxygens (including phenoxy) is 2. The number of carbonyl (C=O) groups is 3. The summed E-state index contributed by atoms with van der Waals surface area (Å²) in [6.45, 7) is 18.9. The number of amides is 4. The van der Waals surface area contributed by atoms with Crippen LogP contribution in [0.3, 0.4) is 0 Å². The molecule has 0 spiro atoms. The van der Waals surface area contributed by atoms with Crippen molar-refractivity contribution in [2.75, 3.05) is 53.0 Å². The molecule has 0 aliphatic carbocycles. The molecular formula is C41H61N7O5S2. The highest BCUT2D eigenvalue weighted by atomic mass is 32.1. The molecule has 3 heterocycles. The van der Waals surface area contributed by atoms with Crippen LogP contribution in [0.1, 0.15) is 73.2 Å². The number of hydrogen-bond acceptors (Lipinski definition) is 10. The monoisotopic (exact) mass is 795 g/mol. The Morgan fingerprint density at radius 2 is 1.51 bits per heavy atom. The van der Waals surface area contributed by atoms with Crippen LogP contribution in [0.25, 0.3) is 0 Å². The van der Waals surface area contributed by atoms with E-state index in [0.29, 0.717) is 38.4 Å². The van der Waals surface area contributed by atoms with E-state index in [1.807, 2.05) is 41.8 Å². The van der Waals surface area contributed by atoms with Gasteiger partial charge in [-0.05, 0) is 40.2 Å². The molecule has 1 saturated heterocycles. The van der Waals surface area contributed by atoms with Gasteiger partial charge >= 0.3 is 12.1 Å². The Labute approximate surface area is 336 Å². The highest BCUT2D eigenvalue weighted by Crippen LogP contribution is 2.19. The second-order valence-electron chi connectivity index (χ2n) is 13.2. The van der Waals surface area contributed by atoms with Gasteiger partial charge in [0.25, 0.3) is 0 Å². The van der Waals surface area contributed by atoms with Crippen molar-refractivity contribution in [3.63, 3.8) is 0 Å². The van der Waals surface area contributed by atoms with E-state index in [0.717, 1.165) is 41.9 Å². The number of benzene rings is 2. The van der Waals surface area contributed by atoms with Crippen molar-refractivity contribution < 1.29 is 23.9 Å². The predicted molar refractivity (Wildman–Crippen MR) is 224 cm³/mol. The lowest BCUT2D eigenvalue weighted by atomic mass is 10.2. The molecule has 2 aromatic carbocycles. The quantitative estimate of drug-likeness (QED) is 0.119. The van der Waals surface area contributed by atoms with E-state index < -0.39 is 12.1 Å². The van der Waals surface area contributed by atoms with Gasteiger partial charge in [0.05, 0.1) is 40.8 Å². The maximum atomic E-state index is 12.4. The number of thiazole rings is 2. The molecule has 1 aliphatic heterocycles. The topological polar surface area (TPSA) is 138 Å². The average molecular weight is 796 g/mol. The number of morpholine rings is 1. The third-order valence-electron chi connectivity index (χ3n) is 7.98. The summed E-state index contributed by atoms with van der Waals surface area (Å²) in [6.07, 6.45) is 2.55. The third-order valence-corrected chi connectivity index (χ3v) is 9.92. The maximum Gasteiger partial charge on any atom is 0.407 e. The van der Waals surface area contributed by atoms with E-state index in [4.69, 9.17) is 9.47 Å². The zero-order chi connectivity index (χ0) is 40.3. The molecule has 12 nitrogen and oxygen atoms in total. The van der Waals surface area contributed by atoms with E-state index in [1.54, 1.807) is 37.0 Å². The number of alkyl carbamates (subject to hydrolysis) is 1. The fraction of sp³-hybridized carbons (Fsp3) is 0.488. The number of carbonyl (C=O) groups excluding carboxylic acids is 3. The van der Waals surface area contributed by atoms with Crippen molar-refractivity contribution in [3.05, 3.63) is 104 Å². The number of hydrogen-bond donors (Lipinski definition) is 3. The SMILES string of the molecule is CC(NC(=O)N(C)Cc1csc(C(C)C)n1)C(=O)NCCCCNC(=O)OCc1cncs1.CCN1CCOCC1.Cc1ccccc1.Cc1ccccc1. The number of aryl methyl sites for hydroxylation is 2. The van der Waals surface area contributed by atoms with Gasteiger partial charge in [-0.25, -0.2) is 14.6 Å². The minimum atomic E-state index is -0.665. The molecular weight excluding hydrogens is 735 g/mol. The summed E-state index contributed by atoms with van der Waals surface area (Å²) < 4.78 is 10.2. The number of likely N-dealkylation sites (N-methyl/N-ethyl adjacent to an activating group) is 1. The number of unbranched alkanes of at least 4 members (excludes halogenated alkanes) is 1. The molecule has 1 aliphatic rings. The van der Waals surface area contributed by atoms with E-state index >= 15 is 0 Å². The molecule has 5 rings (SSSR count). The van der Waals surface area contributed by atoms with Crippen LogP contribution in [-0.4, -0.2) is 96.8 Å². The van der Waals surface area contributed by atoms with E-state index in [9.17, 15) is 14.4 Å². The van der Waals surface area contributed by atoms with Gasteiger partial charge in [0, 0.05) is 50.7 Å². The fourth-order valence-corrected chi connectivity index (χ4v) is 5.96. The van der Waals surface area contributed by atoms with Gasteiger partial charge in [0.2, 0.25) is 5.91 Å². The first kappa shape index (κ1) is 46.8. The summed E-state index contributed by atoms with van der Waals surface area (Å²) in [5.41, 5.74) is 5.16. The number of urea groups is 1. The number of nitrogens with zero attached hydrogens (tertiary/aromatic N) is 4. The van der Waals surface area contributed by atoms with Crippen LogP contribution < -0.4 is 16.0 Å². The van der Waals surface area contributed by atoms with E-state index in [2.05, 4.69) is 89.7 Å². The van der Waals surface area contributed by atoms with Crippen LogP contribution in [0.2, 0.25) is 0 Å². The van der Waals surface area contributed by atoms with Crippen LogP contribution in [0.4, 0.5) is 9.59 Å². The molecule has 2 aromatic heterocycles. The molecule has 1 atom stereocenters. The summed E-state index contributed by atoms with van der Waals surface area (Å²) in [5.74, 6) is 0.0924.